The Balaban J connectivity index is 1.93. The van der Waals surface area contributed by atoms with Crippen LogP contribution in [0.4, 0.5) is 0 Å². The van der Waals surface area contributed by atoms with E-state index in [-0.39, 0.29) is 25.3 Å². The first-order valence-corrected chi connectivity index (χ1v) is 8.83. The van der Waals surface area contributed by atoms with Gasteiger partial charge in [-0.3, -0.25) is 9.59 Å². The van der Waals surface area contributed by atoms with Crippen molar-refractivity contribution in [2.75, 3.05) is 13.1 Å². The molecule has 0 bridgehead atoms. The summed E-state index contributed by atoms with van der Waals surface area (Å²) in [5.74, 6) is 0.325. The molecule has 0 spiro atoms. The Labute approximate surface area is 153 Å². The third-order valence-electron chi connectivity index (χ3n) is 4.19. The second-order valence-corrected chi connectivity index (χ2v) is 6.41. The van der Waals surface area contributed by atoms with Crippen molar-refractivity contribution in [3.05, 3.63) is 35.7 Å². The van der Waals surface area contributed by atoms with Gasteiger partial charge in [0.2, 0.25) is 17.6 Å². The first-order valence-electron chi connectivity index (χ1n) is 8.83. The maximum Gasteiger partial charge on any atom is 0.305 e. The average Bonchev–Trinajstić information content (AvgIpc) is 3.09. The van der Waals surface area contributed by atoms with Crippen LogP contribution in [0.5, 0.6) is 0 Å². The van der Waals surface area contributed by atoms with E-state index in [1.807, 2.05) is 31.2 Å². The van der Waals surface area contributed by atoms with E-state index in [0.29, 0.717) is 30.6 Å². The first kappa shape index (κ1) is 19.6. The lowest BCUT2D eigenvalue weighted by Crippen LogP contribution is -2.33. The normalized spacial score (nSPS) is 10.9. The standard InChI is InChI=1S/C19H25N3O4/c1-4-22(12-11-18(24)25)17(23)10-9-16-20-19(21-26-16)15-7-5-14(6-8-15)13(2)3/h5-8,13H,4,9-12H2,1-3H3,(H,24,25). The van der Waals surface area contributed by atoms with Crippen LogP contribution in [0.1, 0.15) is 51.0 Å². The van der Waals surface area contributed by atoms with Gasteiger partial charge in [0.05, 0.1) is 6.42 Å². The van der Waals surface area contributed by atoms with Crippen LogP contribution in [-0.4, -0.2) is 45.1 Å². The van der Waals surface area contributed by atoms with Gasteiger partial charge < -0.3 is 14.5 Å². The van der Waals surface area contributed by atoms with Crippen LogP contribution in [0.2, 0.25) is 0 Å². The maximum absolute atomic E-state index is 12.2. The fraction of sp³-hybridized carbons (Fsp3) is 0.474. The third-order valence-corrected chi connectivity index (χ3v) is 4.19. The van der Waals surface area contributed by atoms with Crippen molar-refractivity contribution >= 4 is 11.9 Å². The summed E-state index contributed by atoms with van der Waals surface area (Å²) in [7, 11) is 0. The molecule has 1 amide bonds. The summed E-state index contributed by atoms with van der Waals surface area (Å²) >= 11 is 0. The van der Waals surface area contributed by atoms with E-state index < -0.39 is 5.97 Å². The fourth-order valence-electron chi connectivity index (χ4n) is 2.55. The molecule has 7 nitrogen and oxygen atoms in total. The van der Waals surface area contributed by atoms with Gasteiger partial charge in [-0.25, -0.2) is 0 Å². The zero-order chi connectivity index (χ0) is 19.1. The van der Waals surface area contributed by atoms with Crippen LogP contribution < -0.4 is 0 Å². The van der Waals surface area contributed by atoms with E-state index in [1.54, 1.807) is 0 Å². The van der Waals surface area contributed by atoms with Crippen molar-refractivity contribution in [1.82, 2.24) is 15.0 Å². The molecule has 7 heteroatoms. The lowest BCUT2D eigenvalue weighted by atomic mass is 10.0. The van der Waals surface area contributed by atoms with Gasteiger partial charge in [-0.2, -0.15) is 4.98 Å². The molecular weight excluding hydrogens is 334 g/mol. The monoisotopic (exact) mass is 359 g/mol. The molecule has 140 valence electrons. The number of nitrogens with zero attached hydrogens (tertiary/aromatic N) is 3. The number of carbonyl (C=O) groups excluding carboxylic acids is 1. The van der Waals surface area contributed by atoms with Crippen molar-refractivity contribution in [3.63, 3.8) is 0 Å². The minimum Gasteiger partial charge on any atom is -0.481 e. The number of hydrogen-bond acceptors (Lipinski definition) is 5. The molecule has 0 unspecified atom stereocenters. The predicted octanol–water partition coefficient (Wildman–Crippen LogP) is 3.12. The second kappa shape index (κ2) is 9.12. The molecule has 26 heavy (non-hydrogen) atoms. The van der Waals surface area contributed by atoms with Crippen LogP contribution >= 0.6 is 0 Å². The van der Waals surface area contributed by atoms with Gasteiger partial charge in [-0.15, -0.1) is 0 Å². The van der Waals surface area contributed by atoms with Crippen molar-refractivity contribution < 1.29 is 19.2 Å². The summed E-state index contributed by atoms with van der Waals surface area (Å²) in [6.45, 7) is 6.78. The lowest BCUT2D eigenvalue weighted by molar-refractivity contribution is -0.138. The molecular formula is C19H25N3O4. The number of aryl methyl sites for hydroxylation is 1. The minimum atomic E-state index is -0.915. The fourth-order valence-corrected chi connectivity index (χ4v) is 2.55. The molecule has 1 aromatic heterocycles. The third kappa shape index (κ3) is 5.40. The van der Waals surface area contributed by atoms with Gasteiger partial charge in [-0.1, -0.05) is 43.3 Å². The largest absolute Gasteiger partial charge is 0.481 e. The predicted molar refractivity (Wildman–Crippen MR) is 96.7 cm³/mol. The summed E-state index contributed by atoms with van der Waals surface area (Å²) in [5, 5.41) is 12.7. The van der Waals surface area contributed by atoms with Crippen molar-refractivity contribution in [2.45, 2.75) is 46.0 Å². The molecule has 0 atom stereocenters. The summed E-state index contributed by atoms with van der Waals surface area (Å²) < 4.78 is 5.23. The zero-order valence-electron chi connectivity index (χ0n) is 15.4. The Kier molecular flexibility index (Phi) is 6.89. The molecule has 2 rings (SSSR count). The molecule has 0 saturated carbocycles. The van der Waals surface area contributed by atoms with Crippen LogP contribution in [0.25, 0.3) is 11.4 Å². The Bertz CT molecular complexity index is 737. The summed E-state index contributed by atoms with van der Waals surface area (Å²) in [5.41, 5.74) is 2.11. The second-order valence-electron chi connectivity index (χ2n) is 6.41. The summed E-state index contributed by atoms with van der Waals surface area (Å²) in [4.78, 5) is 28.7. The Morgan fingerprint density at radius 3 is 2.46 bits per heavy atom. The minimum absolute atomic E-state index is 0.0589. The first-order chi connectivity index (χ1) is 12.4. The Morgan fingerprint density at radius 2 is 1.88 bits per heavy atom. The number of carbonyl (C=O) groups is 2. The number of carboxylic acids is 1. The summed E-state index contributed by atoms with van der Waals surface area (Å²) in [6.07, 6.45) is 0.484. The number of carboxylic acid groups (broad SMARTS) is 1. The highest BCUT2D eigenvalue weighted by Gasteiger charge is 2.15. The van der Waals surface area contributed by atoms with E-state index in [0.717, 1.165) is 5.56 Å². The summed E-state index contributed by atoms with van der Waals surface area (Å²) in [6, 6.07) is 8.00. The molecule has 0 aliphatic rings. The highest BCUT2D eigenvalue weighted by atomic mass is 16.5. The van der Waals surface area contributed by atoms with Crippen LogP contribution in [0.15, 0.2) is 28.8 Å². The van der Waals surface area contributed by atoms with E-state index in [2.05, 4.69) is 24.0 Å². The van der Waals surface area contributed by atoms with Gasteiger partial charge in [0.15, 0.2) is 0 Å². The molecule has 2 aromatic rings. The van der Waals surface area contributed by atoms with Crippen molar-refractivity contribution in [3.8, 4) is 11.4 Å². The van der Waals surface area contributed by atoms with E-state index in [4.69, 9.17) is 9.63 Å². The van der Waals surface area contributed by atoms with Gasteiger partial charge >= 0.3 is 5.97 Å². The van der Waals surface area contributed by atoms with Gasteiger partial charge in [-0.05, 0) is 18.4 Å². The Hall–Kier alpha value is -2.70. The quantitative estimate of drug-likeness (QED) is 0.739. The molecule has 0 aliphatic heterocycles. The molecule has 1 N–H and O–H groups in total. The molecule has 0 aliphatic carbocycles. The van der Waals surface area contributed by atoms with Gasteiger partial charge in [0.1, 0.15) is 0 Å². The smallest absolute Gasteiger partial charge is 0.305 e. The van der Waals surface area contributed by atoms with Crippen molar-refractivity contribution in [2.24, 2.45) is 0 Å². The van der Waals surface area contributed by atoms with Crippen LogP contribution in [0.3, 0.4) is 0 Å². The molecule has 0 radical (unpaired) electrons. The molecule has 0 saturated heterocycles. The SMILES string of the molecule is CCN(CCC(=O)O)C(=O)CCc1nc(-c2ccc(C(C)C)cc2)no1. The molecule has 1 aromatic carbocycles. The van der Waals surface area contributed by atoms with E-state index in [1.165, 1.54) is 10.5 Å². The van der Waals surface area contributed by atoms with Crippen molar-refractivity contribution in [1.29, 1.82) is 0 Å². The number of amides is 1. The molecule has 1 heterocycles. The maximum atomic E-state index is 12.2. The molecule has 0 fully saturated rings. The topological polar surface area (TPSA) is 96.5 Å². The zero-order valence-corrected chi connectivity index (χ0v) is 15.4. The van der Waals surface area contributed by atoms with Gasteiger partial charge in [0, 0.05) is 31.5 Å². The lowest BCUT2D eigenvalue weighted by Gasteiger charge is -2.19. The number of rotatable bonds is 9. The van der Waals surface area contributed by atoms with E-state index in [9.17, 15) is 9.59 Å². The van der Waals surface area contributed by atoms with Crippen LogP contribution in [0, 0.1) is 0 Å². The Morgan fingerprint density at radius 1 is 1.19 bits per heavy atom. The van der Waals surface area contributed by atoms with Crippen LogP contribution in [-0.2, 0) is 16.0 Å². The highest BCUT2D eigenvalue weighted by Crippen LogP contribution is 2.20. The number of aromatic nitrogens is 2. The highest BCUT2D eigenvalue weighted by molar-refractivity contribution is 5.77. The van der Waals surface area contributed by atoms with E-state index >= 15 is 0 Å². The number of aliphatic carboxylic acids is 1. The van der Waals surface area contributed by atoms with Gasteiger partial charge in [0.25, 0.3) is 0 Å². The number of benzene rings is 1. The average molecular weight is 359 g/mol. The number of hydrogen-bond donors (Lipinski definition) is 1.